The van der Waals surface area contributed by atoms with Crippen molar-refractivity contribution in [2.75, 3.05) is 29.1 Å². The second-order valence-corrected chi connectivity index (χ2v) is 5.80. The summed E-state index contributed by atoms with van der Waals surface area (Å²) >= 11 is 0. The summed E-state index contributed by atoms with van der Waals surface area (Å²) in [6.07, 6.45) is 2.42. The summed E-state index contributed by atoms with van der Waals surface area (Å²) in [5.74, 6) is 1.18. The number of nitrogen functional groups attached to an aromatic ring is 1. The van der Waals surface area contributed by atoms with Crippen LogP contribution in [-0.2, 0) is 4.79 Å². The van der Waals surface area contributed by atoms with Crippen molar-refractivity contribution in [3.63, 3.8) is 0 Å². The third-order valence-corrected chi connectivity index (χ3v) is 4.44. The lowest BCUT2D eigenvalue weighted by molar-refractivity contribution is -0.118. The van der Waals surface area contributed by atoms with Gasteiger partial charge in [0.25, 0.3) is 5.91 Å². The van der Waals surface area contributed by atoms with Gasteiger partial charge in [-0.1, -0.05) is 6.92 Å². The number of nitrogens with zero attached hydrogens (tertiary/aromatic N) is 1. The van der Waals surface area contributed by atoms with E-state index >= 15 is 0 Å². The Hall–Kier alpha value is -1.91. The Morgan fingerprint density at radius 3 is 3.00 bits per heavy atom. The topological polar surface area (TPSA) is 67.6 Å². The minimum atomic E-state index is -0.117. The number of amides is 1. The van der Waals surface area contributed by atoms with Gasteiger partial charge in [-0.15, -0.1) is 0 Å². The molecule has 0 aliphatic carbocycles. The maximum absolute atomic E-state index is 11.4. The van der Waals surface area contributed by atoms with Crippen LogP contribution in [0.5, 0.6) is 5.75 Å². The zero-order chi connectivity index (χ0) is 14.3. The molecule has 1 saturated heterocycles. The number of benzene rings is 1. The van der Waals surface area contributed by atoms with Gasteiger partial charge in [0.15, 0.2) is 6.61 Å². The Morgan fingerprint density at radius 2 is 2.20 bits per heavy atom. The number of hydrogen-bond donors (Lipinski definition) is 2. The fraction of sp³-hybridized carbons (Fsp3) is 0.533. The molecule has 2 aliphatic heterocycles. The first-order valence-electron chi connectivity index (χ1n) is 7.19. The maximum Gasteiger partial charge on any atom is 0.262 e. The molecule has 0 spiro atoms. The number of ether oxygens (including phenoxy) is 1. The van der Waals surface area contributed by atoms with Crippen LogP contribution in [-0.4, -0.2) is 25.1 Å². The van der Waals surface area contributed by atoms with E-state index < -0.39 is 0 Å². The summed E-state index contributed by atoms with van der Waals surface area (Å²) < 4.78 is 5.40. The molecular weight excluding hydrogens is 254 g/mol. The van der Waals surface area contributed by atoms with Gasteiger partial charge in [-0.3, -0.25) is 4.79 Å². The van der Waals surface area contributed by atoms with E-state index in [0.717, 1.165) is 17.9 Å². The van der Waals surface area contributed by atoms with Gasteiger partial charge >= 0.3 is 0 Å². The first-order valence-corrected chi connectivity index (χ1v) is 7.19. The molecule has 0 bridgehead atoms. The van der Waals surface area contributed by atoms with Crippen LogP contribution in [0.3, 0.4) is 0 Å². The molecule has 3 rings (SSSR count). The van der Waals surface area contributed by atoms with Crippen LogP contribution >= 0.6 is 0 Å². The van der Waals surface area contributed by atoms with E-state index in [1.165, 1.54) is 12.8 Å². The average molecular weight is 275 g/mol. The van der Waals surface area contributed by atoms with Gasteiger partial charge in [0.2, 0.25) is 0 Å². The number of nitrogens with one attached hydrogen (secondary N) is 1. The maximum atomic E-state index is 11.4. The predicted octanol–water partition coefficient (Wildman–Crippen LogP) is 2.22. The van der Waals surface area contributed by atoms with Gasteiger partial charge in [0.1, 0.15) is 5.75 Å². The molecule has 108 valence electrons. The molecule has 2 aliphatic rings. The van der Waals surface area contributed by atoms with E-state index in [2.05, 4.69) is 24.1 Å². The summed E-state index contributed by atoms with van der Waals surface area (Å²) in [4.78, 5) is 13.8. The average Bonchev–Trinajstić information content (AvgIpc) is 2.42. The zero-order valence-electron chi connectivity index (χ0n) is 12.0. The quantitative estimate of drug-likeness (QED) is 0.771. The molecular formula is C15H21N3O2. The van der Waals surface area contributed by atoms with Crippen molar-refractivity contribution in [1.29, 1.82) is 0 Å². The normalized spacial score (nSPS) is 25.7. The largest absolute Gasteiger partial charge is 0.482 e. The van der Waals surface area contributed by atoms with Gasteiger partial charge in [-0.05, 0) is 31.7 Å². The first kappa shape index (κ1) is 13.1. The molecule has 0 radical (unpaired) electrons. The molecule has 2 heterocycles. The highest BCUT2D eigenvalue weighted by molar-refractivity contribution is 5.97. The van der Waals surface area contributed by atoms with E-state index in [9.17, 15) is 4.79 Å². The number of carbonyl (C=O) groups is 1. The zero-order valence-corrected chi connectivity index (χ0v) is 12.0. The summed E-state index contributed by atoms with van der Waals surface area (Å²) in [5, 5.41) is 2.85. The fourth-order valence-corrected chi connectivity index (χ4v) is 3.05. The van der Waals surface area contributed by atoms with E-state index in [1.807, 2.05) is 12.1 Å². The van der Waals surface area contributed by atoms with Crippen LogP contribution in [0.1, 0.15) is 26.7 Å². The Morgan fingerprint density at radius 1 is 1.40 bits per heavy atom. The Balaban J connectivity index is 1.97. The standard InChI is InChI=1S/C15H21N3O2/c1-9-4-3-5-18(10(9)2)13-7-12-14(6-11(13)16)20-8-15(19)17-12/h6-7,9-10H,3-5,8,16H2,1-2H3,(H,17,19). The molecule has 1 aromatic rings. The Bertz CT molecular complexity index is 544. The number of nitrogens with two attached hydrogens (primary N) is 1. The smallest absolute Gasteiger partial charge is 0.262 e. The van der Waals surface area contributed by atoms with Crippen molar-refractivity contribution in [3.05, 3.63) is 12.1 Å². The molecule has 1 aromatic carbocycles. The van der Waals surface area contributed by atoms with Crippen LogP contribution in [0.2, 0.25) is 0 Å². The monoisotopic (exact) mass is 275 g/mol. The van der Waals surface area contributed by atoms with Gasteiger partial charge in [0.05, 0.1) is 17.1 Å². The summed E-state index contributed by atoms with van der Waals surface area (Å²) in [7, 11) is 0. The van der Waals surface area contributed by atoms with Gasteiger partial charge in [-0.25, -0.2) is 0 Å². The third kappa shape index (κ3) is 2.17. The van der Waals surface area contributed by atoms with Gasteiger partial charge in [-0.2, -0.15) is 0 Å². The summed E-state index contributed by atoms with van der Waals surface area (Å²) in [6.45, 7) is 5.57. The van der Waals surface area contributed by atoms with Crippen molar-refractivity contribution in [2.24, 2.45) is 5.92 Å². The molecule has 1 fully saturated rings. The van der Waals surface area contributed by atoms with E-state index in [4.69, 9.17) is 10.5 Å². The number of hydrogen-bond acceptors (Lipinski definition) is 4. The number of carbonyl (C=O) groups excluding carboxylic acids is 1. The number of fused-ring (bicyclic) bond motifs is 1. The van der Waals surface area contributed by atoms with E-state index in [1.54, 1.807) is 0 Å². The second kappa shape index (κ2) is 4.89. The van der Waals surface area contributed by atoms with Crippen LogP contribution < -0.4 is 20.7 Å². The molecule has 3 N–H and O–H groups in total. The molecule has 1 amide bonds. The Labute approximate surface area is 119 Å². The molecule has 2 atom stereocenters. The van der Waals surface area contributed by atoms with Crippen molar-refractivity contribution in [3.8, 4) is 5.75 Å². The summed E-state index contributed by atoms with van der Waals surface area (Å²) in [5.41, 5.74) is 8.61. The molecule has 5 nitrogen and oxygen atoms in total. The van der Waals surface area contributed by atoms with E-state index in [0.29, 0.717) is 23.4 Å². The fourth-order valence-electron chi connectivity index (χ4n) is 3.05. The van der Waals surface area contributed by atoms with Crippen LogP contribution in [0, 0.1) is 5.92 Å². The lowest BCUT2D eigenvalue weighted by Crippen LogP contribution is -2.42. The number of piperidine rings is 1. The minimum Gasteiger partial charge on any atom is -0.482 e. The van der Waals surface area contributed by atoms with Gasteiger partial charge < -0.3 is 20.7 Å². The highest BCUT2D eigenvalue weighted by Crippen LogP contribution is 2.39. The van der Waals surface area contributed by atoms with Crippen LogP contribution in [0.15, 0.2) is 12.1 Å². The predicted molar refractivity (Wildman–Crippen MR) is 80.2 cm³/mol. The van der Waals surface area contributed by atoms with E-state index in [-0.39, 0.29) is 12.5 Å². The van der Waals surface area contributed by atoms with Crippen molar-refractivity contribution in [1.82, 2.24) is 0 Å². The molecule has 0 saturated carbocycles. The molecule has 2 unspecified atom stereocenters. The minimum absolute atomic E-state index is 0.0585. The molecule has 5 heteroatoms. The van der Waals surface area contributed by atoms with Crippen molar-refractivity contribution in [2.45, 2.75) is 32.7 Å². The highest BCUT2D eigenvalue weighted by Gasteiger charge is 2.27. The van der Waals surface area contributed by atoms with Crippen molar-refractivity contribution >= 4 is 23.0 Å². The van der Waals surface area contributed by atoms with Gasteiger partial charge in [0, 0.05) is 18.7 Å². The Kier molecular flexibility index (Phi) is 3.20. The van der Waals surface area contributed by atoms with Crippen LogP contribution in [0.4, 0.5) is 17.1 Å². The van der Waals surface area contributed by atoms with Crippen LogP contribution in [0.25, 0.3) is 0 Å². The molecule has 20 heavy (non-hydrogen) atoms. The lowest BCUT2D eigenvalue weighted by Gasteiger charge is -2.40. The lowest BCUT2D eigenvalue weighted by atomic mass is 9.91. The second-order valence-electron chi connectivity index (χ2n) is 5.80. The first-order chi connectivity index (χ1) is 9.56. The number of anilines is 3. The molecule has 0 aromatic heterocycles. The SMILES string of the molecule is CC1CCCN(c2cc3c(cc2N)OCC(=O)N3)C1C. The number of rotatable bonds is 1. The third-order valence-electron chi connectivity index (χ3n) is 4.44. The summed E-state index contributed by atoms with van der Waals surface area (Å²) in [6, 6.07) is 4.20. The van der Waals surface area contributed by atoms with Crippen molar-refractivity contribution < 1.29 is 9.53 Å². The highest BCUT2D eigenvalue weighted by atomic mass is 16.5.